The summed E-state index contributed by atoms with van der Waals surface area (Å²) in [5, 5.41) is 20.6. The fraction of sp³-hybridized carbons (Fsp3) is 0.455. The number of halogens is 1. The van der Waals surface area contributed by atoms with Crippen molar-refractivity contribution in [2.75, 3.05) is 24.6 Å². The third-order valence-corrected chi connectivity index (χ3v) is 7.45. The lowest BCUT2D eigenvalue weighted by molar-refractivity contribution is -0.160. The van der Waals surface area contributed by atoms with Crippen molar-refractivity contribution in [1.29, 1.82) is 0 Å². The third kappa shape index (κ3) is 7.83. The van der Waals surface area contributed by atoms with E-state index in [0.29, 0.717) is 30.0 Å². The number of benzene rings is 2. The molecule has 4 rings (SSSR count). The summed E-state index contributed by atoms with van der Waals surface area (Å²) in [6, 6.07) is 14.0. The van der Waals surface area contributed by atoms with Crippen LogP contribution in [0.4, 0.5) is 10.1 Å². The third-order valence-electron chi connectivity index (χ3n) is 7.45. The molecule has 2 N–H and O–H groups in total. The molecular weight excluding hydrogens is 523 g/mol. The zero-order valence-electron chi connectivity index (χ0n) is 24.6. The predicted octanol–water partition coefficient (Wildman–Crippen LogP) is 6.57. The number of aliphatic hydroxyl groups is 1. The van der Waals surface area contributed by atoms with Gasteiger partial charge in [0.1, 0.15) is 11.6 Å². The van der Waals surface area contributed by atoms with Crippen LogP contribution in [0.1, 0.15) is 70.4 Å². The molecule has 0 unspecified atom stereocenters. The number of nitrogens with zero attached hydrogens (tertiary/aromatic N) is 2. The molecular formula is C33H41FN2O5. The number of ether oxygens (including phenoxy) is 2. The second kappa shape index (κ2) is 12.6. The quantitative estimate of drug-likeness (QED) is 0.288. The Hall–Kier alpha value is -3.49. The summed E-state index contributed by atoms with van der Waals surface area (Å²) in [6.07, 6.45) is 2.95. The number of carbonyl (C=O) groups is 1. The number of hydrogen-bond donors (Lipinski definition) is 2. The van der Waals surface area contributed by atoms with Crippen molar-refractivity contribution in [2.45, 2.75) is 72.2 Å². The van der Waals surface area contributed by atoms with Crippen LogP contribution in [0.15, 0.2) is 54.7 Å². The predicted molar refractivity (Wildman–Crippen MR) is 158 cm³/mol. The number of carboxylic acids is 1. The van der Waals surface area contributed by atoms with Crippen LogP contribution in [0.3, 0.4) is 0 Å². The summed E-state index contributed by atoms with van der Waals surface area (Å²) >= 11 is 0. The number of aliphatic hydroxyl groups excluding tert-OH is 1. The number of anilines is 1. The molecule has 1 fully saturated rings. The van der Waals surface area contributed by atoms with Crippen LogP contribution in [-0.4, -0.2) is 46.5 Å². The van der Waals surface area contributed by atoms with E-state index in [-0.39, 0.29) is 11.2 Å². The fourth-order valence-corrected chi connectivity index (χ4v) is 5.10. The van der Waals surface area contributed by atoms with Gasteiger partial charge < -0.3 is 24.6 Å². The Kier molecular flexibility index (Phi) is 9.34. The van der Waals surface area contributed by atoms with Gasteiger partial charge in [-0.05, 0) is 74.4 Å². The van der Waals surface area contributed by atoms with Crippen LogP contribution < -0.4 is 9.64 Å². The zero-order chi connectivity index (χ0) is 29.8. The summed E-state index contributed by atoms with van der Waals surface area (Å²) in [5.41, 5.74) is 3.50. The van der Waals surface area contributed by atoms with Gasteiger partial charge in [0.25, 0.3) is 0 Å². The molecule has 2 heterocycles. The van der Waals surface area contributed by atoms with Crippen LogP contribution >= 0.6 is 0 Å². The molecule has 220 valence electrons. The first kappa shape index (κ1) is 30.5. The summed E-state index contributed by atoms with van der Waals surface area (Å²) in [6.45, 7) is 11.5. The van der Waals surface area contributed by atoms with Crippen molar-refractivity contribution in [1.82, 2.24) is 4.98 Å². The molecule has 7 nitrogen and oxygen atoms in total. The van der Waals surface area contributed by atoms with Crippen LogP contribution in [0.5, 0.6) is 5.75 Å². The molecule has 2 aromatic carbocycles. The number of pyridine rings is 1. The molecule has 1 aliphatic heterocycles. The smallest absolute Gasteiger partial charge is 0.337 e. The van der Waals surface area contributed by atoms with Gasteiger partial charge >= 0.3 is 5.97 Å². The lowest BCUT2D eigenvalue weighted by Gasteiger charge is -2.41. The van der Waals surface area contributed by atoms with Gasteiger partial charge in [0, 0.05) is 36.8 Å². The molecule has 8 heteroatoms. The Morgan fingerprint density at radius 1 is 1.07 bits per heavy atom. The minimum Gasteiger partial charge on any atom is -0.493 e. The second-order valence-corrected chi connectivity index (χ2v) is 12.4. The van der Waals surface area contributed by atoms with E-state index in [1.807, 2.05) is 45.0 Å². The molecule has 41 heavy (non-hydrogen) atoms. The normalized spacial score (nSPS) is 15.9. The van der Waals surface area contributed by atoms with Gasteiger partial charge in [-0.25, -0.2) is 9.18 Å². The SMILES string of the molecule is CC1(C)CCN(c2c(-c3ccc(OCCc4ccc(F)cc4)cc3)cnc(CO)c2[C@H](OC(C)(C)C)C(=O)O)CC1. The minimum atomic E-state index is -1.30. The first-order chi connectivity index (χ1) is 19.4. The van der Waals surface area contributed by atoms with Gasteiger partial charge in [0.2, 0.25) is 0 Å². The lowest BCUT2D eigenvalue weighted by atomic mass is 9.82. The summed E-state index contributed by atoms with van der Waals surface area (Å²) in [4.78, 5) is 19.3. The maximum Gasteiger partial charge on any atom is 0.337 e. The average molecular weight is 565 g/mol. The molecule has 0 aliphatic carbocycles. The van der Waals surface area contributed by atoms with Crippen LogP contribution in [0.25, 0.3) is 11.1 Å². The number of aliphatic carboxylic acids is 1. The molecule has 0 bridgehead atoms. The van der Waals surface area contributed by atoms with Crippen LogP contribution in [0.2, 0.25) is 0 Å². The van der Waals surface area contributed by atoms with E-state index in [1.165, 1.54) is 12.1 Å². The highest BCUT2D eigenvalue weighted by molar-refractivity contribution is 5.86. The maximum atomic E-state index is 13.2. The second-order valence-electron chi connectivity index (χ2n) is 12.4. The van der Waals surface area contributed by atoms with Gasteiger partial charge in [0.05, 0.1) is 30.2 Å². The largest absolute Gasteiger partial charge is 0.493 e. The van der Waals surface area contributed by atoms with Crippen molar-refractivity contribution >= 4 is 11.7 Å². The molecule has 3 aromatic rings. The highest BCUT2D eigenvalue weighted by atomic mass is 19.1. The van der Waals surface area contributed by atoms with Gasteiger partial charge in [-0.15, -0.1) is 0 Å². The average Bonchev–Trinajstić information content (AvgIpc) is 2.92. The Morgan fingerprint density at radius 2 is 1.71 bits per heavy atom. The Morgan fingerprint density at radius 3 is 2.27 bits per heavy atom. The number of aromatic nitrogens is 1. The Bertz CT molecular complexity index is 1320. The highest BCUT2D eigenvalue weighted by Gasteiger charge is 2.36. The van der Waals surface area contributed by atoms with Gasteiger partial charge in [-0.2, -0.15) is 0 Å². The molecule has 1 atom stereocenters. The monoisotopic (exact) mass is 564 g/mol. The van der Waals surface area contributed by atoms with E-state index in [4.69, 9.17) is 9.47 Å². The molecule has 1 aliphatic rings. The first-order valence-electron chi connectivity index (χ1n) is 14.1. The highest BCUT2D eigenvalue weighted by Crippen LogP contribution is 2.43. The van der Waals surface area contributed by atoms with E-state index in [1.54, 1.807) is 18.3 Å². The van der Waals surface area contributed by atoms with Crippen molar-refractivity contribution in [2.24, 2.45) is 5.41 Å². The molecule has 0 saturated carbocycles. The number of rotatable bonds is 10. The molecule has 0 amide bonds. The van der Waals surface area contributed by atoms with Crippen molar-refractivity contribution in [3.8, 4) is 16.9 Å². The topological polar surface area (TPSA) is 92.1 Å². The number of hydrogen-bond acceptors (Lipinski definition) is 6. The van der Waals surface area contributed by atoms with Crippen molar-refractivity contribution < 1.29 is 28.9 Å². The number of piperidine rings is 1. The lowest BCUT2D eigenvalue weighted by Crippen LogP contribution is -2.39. The van der Waals surface area contributed by atoms with Crippen molar-refractivity contribution in [3.05, 3.63) is 77.4 Å². The standard InChI is InChI=1S/C33H41FN2O5/c1-32(2,3)41-30(31(38)39)28-27(21-37)35-20-26(29(28)36-17-15-33(4,5)16-18-36)23-8-12-25(13-9-23)40-19-14-22-6-10-24(34)11-7-22/h6-13,20,30,37H,14-19,21H2,1-5H3,(H,38,39)/t30-/m0/s1. The van der Waals surface area contributed by atoms with E-state index in [2.05, 4.69) is 23.7 Å². The molecule has 1 aromatic heterocycles. The van der Waals surface area contributed by atoms with E-state index in [9.17, 15) is 19.4 Å². The van der Waals surface area contributed by atoms with Crippen LogP contribution in [-0.2, 0) is 22.6 Å². The fourth-order valence-electron chi connectivity index (χ4n) is 5.10. The van der Waals surface area contributed by atoms with Gasteiger partial charge in [0.15, 0.2) is 6.10 Å². The molecule has 0 radical (unpaired) electrons. The first-order valence-corrected chi connectivity index (χ1v) is 14.1. The van der Waals surface area contributed by atoms with E-state index >= 15 is 0 Å². The van der Waals surface area contributed by atoms with Gasteiger partial charge in [-0.1, -0.05) is 38.1 Å². The number of carboxylic acid groups (broad SMARTS) is 1. The summed E-state index contributed by atoms with van der Waals surface area (Å²) in [7, 11) is 0. The van der Waals surface area contributed by atoms with E-state index < -0.39 is 24.3 Å². The summed E-state index contributed by atoms with van der Waals surface area (Å²) < 4.78 is 25.2. The van der Waals surface area contributed by atoms with Crippen LogP contribution in [0, 0.1) is 11.2 Å². The Labute approximate surface area is 242 Å². The Balaban J connectivity index is 1.70. The maximum absolute atomic E-state index is 13.2. The van der Waals surface area contributed by atoms with E-state index in [0.717, 1.165) is 48.3 Å². The van der Waals surface area contributed by atoms with Gasteiger partial charge in [-0.3, -0.25) is 4.98 Å². The minimum absolute atomic E-state index is 0.185. The summed E-state index contributed by atoms with van der Waals surface area (Å²) in [5.74, 6) is -0.698. The van der Waals surface area contributed by atoms with Crippen molar-refractivity contribution in [3.63, 3.8) is 0 Å². The zero-order valence-corrected chi connectivity index (χ0v) is 24.6. The molecule has 0 spiro atoms. The molecule has 1 saturated heterocycles.